The Kier molecular flexibility index (Phi) is 3.48. The van der Waals surface area contributed by atoms with Crippen molar-refractivity contribution in [3.63, 3.8) is 0 Å². The number of phenols is 1. The molecular weight excluding hydrogens is 262 g/mol. The first-order chi connectivity index (χ1) is 8.90. The zero-order valence-electron chi connectivity index (χ0n) is 10.7. The molecule has 0 aliphatic carbocycles. The molecule has 0 saturated heterocycles. The third-order valence-electron chi connectivity index (χ3n) is 2.84. The van der Waals surface area contributed by atoms with Crippen molar-refractivity contribution in [1.29, 1.82) is 0 Å². The number of rotatable bonds is 3. The van der Waals surface area contributed by atoms with Gasteiger partial charge in [0.15, 0.2) is 0 Å². The Hall–Kier alpha value is -2.01. The van der Waals surface area contributed by atoms with Gasteiger partial charge in [0.1, 0.15) is 5.75 Å². The fourth-order valence-electron chi connectivity index (χ4n) is 1.82. The zero-order chi connectivity index (χ0) is 14.0. The summed E-state index contributed by atoms with van der Waals surface area (Å²) < 4.78 is 27.1. The summed E-state index contributed by atoms with van der Waals surface area (Å²) in [5.41, 5.74) is 1.81. The van der Waals surface area contributed by atoms with E-state index in [1.54, 1.807) is 44.2 Å². The third-order valence-corrected chi connectivity index (χ3v) is 4.36. The molecule has 4 nitrogen and oxygen atoms in total. The number of anilines is 1. The first-order valence-corrected chi connectivity index (χ1v) is 7.26. The lowest BCUT2D eigenvalue weighted by Crippen LogP contribution is -2.14. The van der Waals surface area contributed by atoms with Crippen LogP contribution in [0.25, 0.3) is 0 Å². The smallest absolute Gasteiger partial charge is 0.262 e. The maximum atomic E-state index is 12.3. The van der Waals surface area contributed by atoms with Gasteiger partial charge in [-0.1, -0.05) is 18.2 Å². The van der Waals surface area contributed by atoms with E-state index in [1.165, 1.54) is 12.1 Å². The number of hydrogen-bond acceptors (Lipinski definition) is 3. The van der Waals surface area contributed by atoms with E-state index in [1.807, 2.05) is 0 Å². The first-order valence-electron chi connectivity index (χ1n) is 5.78. The molecular formula is C14H15NO3S. The fourth-order valence-corrected chi connectivity index (χ4v) is 3.20. The van der Waals surface area contributed by atoms with Crippen molar-refractivity contribution in [2.45, 2.75) is 18.7 Å². The van der Waals surface area contributed by atoms with Crippen molar-refractivity contribution in [2.75, 3.05) is 4.72 Å². The molecule has 0 amide bonds. The van der Waals surface area contributed by atoms with Crippen LogP contribution in [-0.2, 0) is 10.0 Å². The van der Waals surface area contributed by atoms with E-state index in [2.05, 4.69) is 4.72 Å². The highest BCUT2D eigenvalue weighted by atomic mass is 32.2. The van der Waals surface area contributed by atoms with Crippen LogP contribution in [0.5, 0.6) is 5.75 Å². The van der Waals surface area contributed by atoms with Crippen molar-refractivity contribution >= 4 is 15.7 Å². The summed E-state index contributed by atoms with van der Waals surface area (Å²) in [5.74, 6) is 0.108. The van der Waals surface area contributed by atoms with Crippen molar-refractivity contribution in [1.82, 2.24) is 0 Å². The van der Waals surface area contributed by atoms with Gasteiger partial charge in [0, 0.05) is 0 Å². The van der Waals surface area contributed by atoms with Gasteiger partial charge in [-0.2, -0.15) is 0 Å². The minimum absolute atomic E-state index is 0.108. The number of nitrogens with one attached hydrogen (secondary N) is 1. The Morgan fingerprint density at radius 3 is 2.32 bits per heavy atom. The lowest BCUT2D eigenvalue weighted by molar-refractivity contribution is 0.475. The van der Waals surface area contributed by atoms with Gasteiger partial charge in [-0.15, -0.1) is 0 Å². The second-order valence-corrected chi connectivity index (χ2v) is 6.02. The molecule has 0 aromatic heterocycles. The zero-order valence-corrected chi connectivity index (χ0v) is 11.5. The average Bonchev–Trinajstić information content (AvgIpc) is 2.33. The Bertz CT molecular complexity index is 708. The molecule has 0 spiro atoms. The van der Waals surface area contributed by atoms with Gasteiger partial charge in [0.05, 0.1) is 10.6 Å². The molecule has 2 N–H and O–H groups in total. The van der Waals surface area contributed by atoms with Crippen molar-refractivity contribution in [2.24, 2.45) is 0 Å². The fraction of sp³-hybridized carbons (Fsp3) is 0.143. The maximum absolute atomic E-state index is 12.3. The van der Waals surface area contributed by atoms with Crippen LogP contribution in [0.1, 0.15) is 11.1 Å². The monoisotopic (exact) mass is 277 g/mol. The summed E-state index contributed by atoms with van der Waals surface area (Å²) >= 11 is 0. The van der Waals surface area contributed by atoms with Crippen LogP contribution < -0.4 is 4.72 Å². The Balaban J connectivity index is 2.40. The maximum Gasteiger partial charge on any atom is 0.262 e. The highest BCUT2D eigenvalue weighted by Gasteiger charge is 2.17. The van der Waals surface area contributed by atoms with Gasteiger partial charge in [-0.05, 0) is 49.2 Å². The van der Waals surface area contributed by atoms with Gasteiger partial charge >= 0.3 is 0 Å². The van der Waals surface area contributed by atoms with Gasteiger partial charge in [0.25, 0.3) is 10.0 Å². The number of aryl methyl sites for hydroxylation is 2. The molecule has 0 heterocycles. The second kappa shape index (κ2) is 4.93. The summed E-state index contributed by atoms with van der Waals surface area (Å²) in [7, 11) is -3.61. The van der Waals surface area contributed by atoms with E-state index in [0.29, 0.717) is 16.8 Å². The summed E-state index contributed by atoms with van der Waals surface area (Å²) in [6.45, 7) is 3.48. The summed E-state index contributed by atoms with van der Waals surface area (Å²) in [6.07, 6.45) is 0. The van der Waals surface area contributed by atoms with Crippen LogP contribution in [0.4, 0.5) is 5.69 Å². The number of phenolic OH excluding ortho intramolecular Hbond substituents is 1. The number of sulfonamides is 1. The summed E-state index contributed by atoms with van der Waals surface area (Å²) in [5, 5.41) is 9.32. The van der Waals surface area contributed by atoms with E-state index in [4.69, 9.17) is 0 Å². The van der Waals surface area contributed by atoms with E-state index in [0.717, 1.165) is 0 Å². The quantitative estimate of drug-likeness (QED) is 0.848. The molecule has 19 heavy (non-hydrogen) atoms. The SMILES string of the molecule is Cc1cc(O)ccc1NS(=O)(=O)c1ccccc1C. The molecule has 0 atom stereocenters. The van der Waals surface area contributed by atoms with Crippen LogP contribution in [0.3, 0.4) is 0 Å². The molecule has 5 heteroatoms. The van der Waals surface area contributed by atoms with E-state index in [9.17, 15) is 13.5 Å². The molecule has 2 aromatic rings. The Morgan fingerprint density at radius 2 is 1.68 bits per heavy atom. The van der Waals surface area contributed by atoms with Gasteiger partial charge in [-0.25, -0.2) is 8.42 Å². The number of aromatic hydroxyl groups is 1. The largest absolute Gasteiger partial charge is 0.508 e. The van der Waals surface area contributed by atoms with Crippen LogP contribution in [-0.4, -0.2) is 13.5 Å². The van der Waals surface area contributed by atoms with Crippen molar-refractivity contribution < 1.29 is 13.5 Å². The normalized spacial score (nSPS) is 11.3. The van der Waals surface area contributed by atoms with Crippen LogP contribution in [0, 0.1) is 13.8 Å². The number of benzene rings is 2. The molecule has 0 fully saturated rings. The number of hydrogen-bond donors (Lipinski definition) is 2. The molecule has 2 aromatic carbocycles. The van der Waals surface area contributed by atoms with E-state index in [-0.39, 0.29) is 10.6 Å². The van der Waals surface area contributed by atoms with Gasteiger partial charge in [0.2, 0.25) is 0 Å². The van der Waals surface area contributed by atoms with Crippen molar-refractivity contribution in [3.8, 4) is 5.75 Å². The summed E-state index contributed by atoms with van der Waals surface area (Å²) in [6, 6.07) is 11.3. The molecule has 0 bridgehead atoms. The minimum Gasteiger partial charge on any atom is -0.508 e. The third kappa shape index (κ3) is 2.88. The van der Waals surface area contributed by atoms with Gasteiger partial charge < -0.3 is 5.11 Å². The highest BCUT2D eigenvalue weighted by molar-refractivity contribution is 7.92. The summed E-state index contributed by atoms with van der Waals surface area (Å²) in [4.78, 5) is 0.252. The van der Waals surface area contributed by atoms with E-state index < -0.39 is 10.0 Å². The minimum atomic E-state index is -3.61. The first kappa shape index (κ1) is 13.4. The van der Waals surface area contributed by atoms with Crippen LogP contribution in [0.2, 0.25) is 0 Å². The molecule has 0 saturated carbocycles. The molecule has 2 rings (SSSR count). The average molecular weight is 277 g/mol. The van der Waals surface area contributed by atoms with Gasteiger partial charge in [-0.3, -0.25) is 4.72 Å². The molecule has 100 valence electrons. The lowest BCUT2D eigenvalue weighted by atomic mass is 10.2. The molecule has 0 radical (unpaired) electrons. The van der Waals surface area contributed by atoms with Crippen LogP contribution >= 0.6 is 0 Å². The Labute approximate surface area is 112 Å². The molecule has 0 aliphatic heterocycles. The standard InChI is InChI=1S/C14H15NO3S/c1-10-5-3-4-6-14(10)19(17,18)15-13-8-7-12(16)9-11(13)2/h3-9,15-16H,1-2H3. The second-order valence-electron chi connectivity index (χ2n) is 4.37. The highest BCUT2D eigenvalue weighted by Crippen LogP contribution is 2.24. The Morgan fingerprint density at radius 1 is 1.00 bits per heavy atom. The lowest BCUT2D eigenvalue weighted by Gasteiger charge is -2.12. The van der Waals surface area contributed by atoms with Crippen molar-refractivity contribution in [3.05, 3.63) is 53.6 Å². The topological polar surface area (TPSA) is 66.4 Å². The predicted molar refractivity (Wildman–Crippen MR) is 74.8 cm³/mol. The van der Waals surface area contributed by atoms with E-state index >= 15 is 0 Å². The van der Waals surface area contributed by atoms with Crippen LogP contribution in [0.15, 0.2) is 47.4 Å². The predicted octanol–water partition coefficient (Wildman–Crippen LogP) is 2.81. The molecule has 0 unspecified atom stereocenters. The molecule has 0 aliphatic rings.